The van der Waals surface area contributed by atoms with Gasteiger partial charge in [-0.15, -0.1) is 0 Å². The highest BCUT2D eigenvalue weighted by atomic mass is 16.4. The highest BCUT2D eigenvalue weighted by molar-refractivity contribution is 5.66. The maximum atomic E-state index is 10.1. The molecular weight excluding hydrogens is 464 g/mol. The topological polar surface area (TPSA) is 113 Å². The average Bonchev–Trinajstić information content (AvgIpc) is 2.87. The molecule has 0 saturated carbocycles. The van der Waals surface area contributed by atoms with Gasteiger partial charge in [0.25, 0.3) is 0 Å². The highest BCUT2D eigenvalue weighted by Crippen LogP contribution is 2.10. The van der Waals surface area contributed by atoms with Crippen LogP contribution in [0.1, 0.15) is 155 Å². The van der Waals surface area contributed by atoms with E-state index in [1.807, 2.05) is 0 Å². The van der Waals surface area contributed by atoms with E-state index in [1.165, 1.54) is 96.4 Å². The molecule has 0 heterocycles. The molecule has 0 radical (unpaired) electrons. The molecule has 0 saturated heterocycles. The lowest BCUT2D eigenvalue weighted by Gasteiger charge is -2.03. The number of unbranched alkanes of at least 4 members (excludes halogenated alkanes) is 17. The van der Waals surface area contributed by atoms with Crippen LogP contribution in [-0.4, -0.2) is 41.8 Å². The first kappa shape index (κ1) is 37.8. The maximum absolute atomic E-state index is 10.1. The van der Waals surface area contributed by atoms with E-state index in [-0.39, 0.29) is 12.8 Å². The van der Waals surface area contributed by atoms with E-state index in [1.54, 1.807) is 0 Å². The Balaban J connectivity index is 0. The predicted molar refractivity (Wildman–Crippen MR) is 158 cm³/mol. The largest absolute Gasteiger partial charge is 0.481 e. The quantitative estimate of drug-likeness (QED) is 0.0603. The lowest BCUT2D eigenvalue weighted by molar-refractivity contribution is -0.138. The van der Waals surface area contributed by atoms with Crippen LogP contribution in [0.3, 0.4) is 0 Å². The second-order valence-corrected chi connectivity index (χ2v) is 10.2. The summed E-state index contributed by atoms with van der Waals surface area (Å²) in [6, 6.07) is 0. The van der Waals surface area contributed by atoms with Crippen LogP contribution < -0.4 is 11.1 Å². The van der Waals surface area contributed by atoms with Crippen LogP contribution in [0.25, 0.3) is 0 Å². The Morgan fingerprint density at radius 3 is 1.38 bits per heavy atom. The molecule has 0 rings (SSSR count). The van der Waals surface area contributed by atoms with E-state index in [4.69, 9.17) is 15.9 Å². The van der Waals surface area contributed by atoms with Crippen molar-refractivity contribution < 1.29 is 19.8 Å². The summed E-state index contributed by atoms with van der Waals surface area (Å²) in [6.07, 6.45) is 31.1. The van der Waals surface area contributed by atoms with Crippen molar-refractivity contribution in [2.45, 2.75) is 155 Å². The number of nitrogens with two attached hydrogens (primary N) is 1. The van der Waals surface area contributed by atoms with Gasteiger partial charge < -0.3 is 21.3 Å². The third kappa shape index (κ3) is 42.0. The predicted octanol–water partition coefficient (Wildman–Crippen LogP) is 8.24. The summed E-state index contributed by atoms with van der Waals surface area (Å²) in [4.78, 5) is 20.3. The molecule has 0 aromatic rings. The van der Waals surface area contributed by atoms with Crippen LogP contribution in [0.15, 0.2) is 12.2 Å². The molecule has 0 bridgehead atoms. The fraction of sp³-hybridized carbons (Fsp3) is 0.871. The number of aliphatic carboxylic acids is 2. The van der Waals surface area contributed by atoms with Gasteiger partial charge in [-0.3, -0.25) is 9.59 Å². The Morgan fingerprint density at radius 2 is 0.946 bits per heavy atom. The van der Waals surface area contributed by atoms with Gasteiger partial charge in [0.15, 0.2) is 0 Å². The fourth-order valence-electron chi connectivity index (χ4n) is 4.11. The third-order valence-electron chi connectivity index (χ3n) is 6.45. The number of allylic oxidation sites excluding steroid dienone is 2. The number of carbonyl (C=O) groups is 2. The Morgan fingerprint density at radius 1 is 0.568 bits per heavy atom. The van der Waals surface area contributed by atoms with E-state index in [2.05, 4.69) is 24.4 Å². The molecule has 0 spiro atoms. The monoisotopic (exact) mass is 526 g/mol. The number of rotatable bonds is 28. The lowest BCUT2D eigenvalue weighted by Crippen LogP contribution is -2.19. The van der Waals surface area contributed by atoms with Crippen LogP contribution in [0.2, 0.25) is 0 Å². The van der Waals surface area contributed by atoms with Crippen LogP contribution in [0.4, 0.5) is 0 Å². The molecule has 6 nitrogen and oxygen atoms in total. The minimum atomic E-state index is -0.740. The van der Waals surface area contributed by atoms with Gasteiger partial charge in [-0.05, 0) is 71.0 Å². The highest BCUT2D eigenvalue weighted by Gasteiger charge is 1.98. The first-order chi connectivity index (χ1) is 18.0. The average molecular weight is 527 g/mol. The number of carboxylic acid groups (broad SMARTS) is 2. The van der Waals surface area contributed by atoms with E-state index in [0.717, 1.165) is 58.0 Å². The zero-order chi connectivity index (χ0) is 27.7. The molecule has 0 aliphatic carbocycles. The van der Waals surface area contributed by atoms with Crippen molar-refractivity contribution in [3.8, 4) is 0 Å². The van der Waals surface area contributed by atoms with E-state index < -0.39 is 11.9 Å². The number of hydrogen-bond acceptors (Lipinski definition) is 4. The van der Waals surface area contributed by atoms with Crippen molar-refractivity contribution in [3.63, 3.8) is 0 Å². The van der Waals surface area contributed by atoms with Gasteiger partial charge in [0, 0.05) is 12.8 Å². The van der Waals surface area contributed by atoms with Crippen molar-refractivity contribution >= 4 is 11.9 Å². The van der Waals surface area contributed by atoms with Gasteiger partial charge in [-0.1, -0.05) is 103 Å². The third-order valence-corrected chi connectivity index (χ3v) is 6.45. The Hall–Kier alpha value is -1.40. The Labute approximate surface area is 229 Å². The Bertz CT molecular complexity index is 478. The Kier molecular flexibility index (Phi) is 35.3. The lowest BCUT2D eigenvalue weighted by atomic mass is 10.1. The minimum Gasteiger partial charge on any atom is -0.481 e. The normalized spacial score (nSPS) is 11.0. The zero-order valence-corrected chi connectivity index (χ0v) is 24.3. The molecule has 220 valence electrons. The molecule has 5 N–H and O–H groups in total. The van der Waals surface area contributed by atoms with Crippen molar-refractivity contribution in [3.05, 3.63) is 12.2 Å². The number of nitrogens with one attached hydrogen (secondary N) is 1. The van der Waals surface area contributed by atoms with E-state index in [0.29, 0.717) is 0 Å². The summed E-state index contributed by atoms with van der Waals surface area (Å²) in [5, 5.41) is 20.1. The molecule has 0 aliphatic rings. The van der Waals surface area contributed by atoms with Crippen molar-refractivity contribution in [2.24, 2.45) is 5.73 Å². The molecule has 37 heavy (non-hydrogen) atoms. The number of hydrogen-bond donors (Lipinski definition) is 4. The van der Waals surface area contributed by atoms with E-state index in [9.17, 15) is 9.59 Å². The summed E-state index contributed by atoms with van der Waals surface area (Å²) in [6.45, 7) is 5.34. The van der Waals surface area contributed by atoms with Crippen LogP contribution >= 0.6 is 0 Å². The van der Waals surface area contributed by atoms with Gasteiger partial charge in [-0.2, -0.15) is 0 Å². The molecule has 0 amide bonds. The molecule has 0 fully saturated rings. The second-order valence-electron chi connectivity index (χ2n) is 10.2. The summed E-state index contributed by atoms with van der Waals surface area (Å²) in [7, 11) is 0. The molecule has 6 heteroatoms. The van der Waals surface area contributed by atoms with Crippen LogP contribution in [-0.2, 0) is 9.59 Å². The first-order valence-electron chi connectivity index (χ1n) is 15.5. The van der Waals surface area contributed by atoms with Crippen LogP contribution in [0.5, 0.6) is 0 Å². The summed E-state index contributed by atoms with van der Waals surface area (Å²) in [5.41, 5.74) is 5.46. The minimum absolute atomic E-state index is 0.245. The van der Waals surface area contributed by atoms with Crippen molar-refractivity contribution in [2.75, 3.05) is 19.6 Å². The first-order valence-corrected chi connectivity index (χ1v) is 15.5. The smallest absolute Gasteiger partial charge is 0.303 e. The number of carboxylic acids is 2. The summed E-state index contributed by atoms with van der Waals surface area (Å²) >= 11 is 0. The van der Waals surface area contributed by atoms with Crippen molar-refractivity contribution in [1.29, 1.82) is 0 Å². The molecule has 0 aromatic carbocycles. The van der Waals surface area contributed by atoms with Gasteiger partial charge in [0.05, 0.1) is 0 Å². The second kappa shape index (κ2) is 34.6. The van der Waals surface area contributed by atoms with Gasteiger partial charge in [-0.25, -0.2) is 0 Å². The molecule has 0 atom stereocenters. The SMILES string of the molecule is CCCCCCCC/C=C\CCCCCCCCNCCCN.O=C(O)CCCCCCCCC(=O)O. The molecule has 0 aliphatic heterocycles. The summed E-state index contributed by atoms with van der Waals surface area (Å²) in [5.74, 6) is -1.48. The van der Waals surface area contributed by atoms with Gasteiger partial charge in [0.1, 0.15) is 0 Å². The van der Waals surface area contributed by atoms with Crippen molar-refractivity contribution in [1.82, 2.24) is 5.32 Å². The standard InChI is InChI=1S/C21H44N2.C10H18O4/c1-2-3-4-5-6-7-8-9-10-11-12-13-14-15-16-17-20-23-21-18-19-22;11-9(12)7-5-3-1-2-4-6-8-10(13)14/h9-10,23H,2-8,11-22H2,1H3;1-8H2,(H,11,12)(H,13,14)/b10-9-;. The fourth-order valence-corrected chi connectivity index (χ4v) is 4.11. The maximum Gasteiger partial charge on any atom is 0.303 e. The summed E-state index contributed by atoms with van der Waals surface area (Å²) < 4.78 is 0. The van der Waals surface area contributed by atoms with Gasteiger partial charge in [0.2, 0.25) is 0 Å². The molecular formula is C31H62N2O4. The molecule has 0 unspecified atom stereocenters. The van der Waals surface area contributed by atoms with Gasteiger partial charge >= 0.3 is 11.9 Å². The molecule has 0 aromatic heterocycles. The van der Waals surface area contributed by atoms with Crippen LogP contribution in [0, 0.1) is 0 Å². The van der Waals surface area contributed by atoms with E-state index >= 15 is 0 Å². The zero-order valence-electron chi connectivity index (χ0n) is 24.3.